The first-order valence-electron chi connectivity index (χ1n) is 4.06. The Labute approximate surface area is 76.5 Å². The monoisotopic (exact) mass is 185 g/mol. The molecular formula is C8H12ClN3. The lowest BCUT2D eigenvalue weighted by Crippen LogP contribution is -2.01. The van der Waals surface area contributed by atoms with Gasteiger partial charge in [0.2, 0.25) is 0 Å². The van der Waals surface area contributed by atoms with E-state index in [4.69, 9.17) is 17.3 Å². The van der Waals surface area contributed by atoms with Gasteiger partial charge in [0.25, 0.3) is 0 Å². The normalized spacial score (nSPS) is 27.7. The lowest BCUT2D eigenvalue weighted by atomic mass is 10.2. The Bertz CT molecular complexity index is 318. The Balaban J connectivity index is 2.42. The van der Waals surface area contributed by atoms with E-state index < -0.39 is 0 Å². The second-order valence-electron chi connectivity index (χ2n) is 3.42. The van der Waals surface area contributed by atoms with Crippen molar-refractivity contribution in [1.82, 2.24) is 9.78 Å². The van der Waals surface area contributed by atoms with Crippen LogP contribution in [0.1, 0.15) is 23.6 Å². The molecule has 0 aromatic carbocycles. The third-order valence-corrected chi connectivity index (χ3v) is 2.85. The molecule has 2 N–H and O–H groups in total. The zero-order chi connectivity index (χ0) is 8.88. The van der Waals surface area contributed by atoms with Crippen molar-refractivity contribution in [3.63, 3.8) is 0 Å². The van der Waals surface area contributed by atoms with Gasteiger partial charge in [-0.05, 0) is 13.3 Å². The summed E-state index contributed by atoms with van der Waals surface area (Å²) in [5.41, 5.74) is 7.91. The summed E-state index contributed by atoms with van der Waals surface area (Å²) in [5, 5.41) is 4.98. The highest BCUT2D eigenvalue weighted by atomic mass is 35.5. The lowest BCUT2D eigenvalue weighted by molar-refractivity contribution is 0.757. The van der Waals surface area contributed by atoms with Gasteiger partial charge in [0, 0.05) is 24.6 Å². The molecule has 1 aliphatic carbocycles. The zero-order valence-corrected chi connectivity index (χ0v) is 7.97. The van der Waals surface area contributed by atoms with E-state index >= 15 is 0 Å². The van der Waals surface area contributed by atoms with Gasteiger partial charge < -0.3 is 5.73 Å². The molecule has 2 atom stereocenters. The summed E-state index contributed by atoms with van der Waals surface area (Å²) in [5.74, 6) is 0.450. The minimum atomic E-state index is 0.297. The molecule has 0 aliphatic heterocycles. The Morgan fingerprint density at radius 2 is 2.25 bits per heavy atom. The van der Waals surface area contributed by atoms with Crippen molar-refractivity contribution in [3.8, 4) is 0 Å². The summed E-state index contributed by atoms with van der Waals surface area (Å²) in [6.07, 6.45) is 1.05. The van der Waals surface area contributed by atoms with Crippen LogP contribution in [0.2, 0.25) is 5.15 Å². The molecular weight excluding hydrogens is 174 g/mol. The van der Waals surface area contributed by atoms with E-state index in [1.54, 1.807) is 4.68 Å². The molecule has 1 aromatic heterocycles. The van der Waals surface area contributed by atoms with Crippen LogP contribution in [0, 0.1) is 6.92 Å². The van der Waals surface area contributed by atoms with Gasteiger partial charge in [-0.15, -0.1) is 0 Å². The molecule has 12 heavy (non-hydrogen) atoms. The molecule has 1 aliphatic rings. The van der Waals surface area contributed by atoms with Crippen molar-refractivity contribution < 1.29 is 0 Å². The fraction of sp³-hybridized carbons (Fsp3) is 0.625. The molecule has 1 aromatic rings. The van der Waals surface area contributed by atoms with E-state index in [0.29, 0.717) is 12.0 Å². The van der Waals surface area contributed by atoms with Crippen molar-refractivity contribution >= 4 is 11.6 Å². The van der Waals surface area contributed by atoms with Crippen LogP contribution in [0.25, 0.3) is 0 Å². The summed E-state index contributed by atoms with van der Waals surface area (Å²) < 4.78 is 1.71. The van der Waals surface area contributed by atoms with Crippen LogP contribution in [0.3, 0.4) is 0 Å². The first-order chi connectivity index (χ1) is 5.61. The second kappa shape index (κ2) is 2.47. The summed E-state index contributed by atoms with van der Waals surface area (Å²) in [6.45, 7) is 1.98. The van der Waals surface area contributed by atoms with E-state index in [0.717, 1.165) is 22.8 Å². The highest BCUT2D eigenvalue weighted by molar-refractivity contribution is 6.30. The summed E-state index contributed by atoms with van der Waals surface area (Å²) in [4.78, 5) is 0. The smallest absolute Gasteiger partial charge is 0.130 e. The summed E-state index contributed by atoms with van der Waals surface area (Å²) in [6, 6.07) is 0.297. The van der Waals surface area contributed by atoms with Crippen LogP contribution in [0.15, 0.2) is 0 Å². The minimum Gasteiger partial charge on any atom is -0.327 e. The number of nitrogens with two attached hydrogens (primary N) is 1. The van der Waals surface area contributed by atoms with Crippen molar-refractivity contribution in [2.24, 2.45) is 12.8 Å². The number of rotatable bonds is 1. The largest absolute Gasteiger partial charge is 0.327 e. The van der Waals surface area contributed by atoms with Gasteiger partial charge in [-0.25, -0.2) is 0 Å². The molecule has 4 heteroatoms. The molecule has 3 nitrogen and oxygen atoms in total. The standard InChI is InChI=1S/C8H12ClN3/c1-4-7(5-3-6(5)10)8(9)12(2)11-4/h5-6H,3,10H2,1-2H3. The average Bonchev–Trinajstić information content (AvgIpc) is 2.61. The fourth-order valence-electron chi connectivity index (χ4n) is 1.61. The van der Waals surface area contributed by atoms with Crippen LogP contribution in [-0.2, 0) is 7.05 Å². The van der Waals surface area contributed by atoms with E-state index in [-0.39, 0.29) is 0 Å². The van der Waals surface area contributed by atoms with Gasteiger partial charge in [0.1, 0.15) is 5.15 Å². The Hall–Kier alpha value is -0.540. The highest BCUT2D eigenvalue weighted by Gasteiger charge is 2.38. The number of aryl methyl sites for hydroxylation is 2. The van der Waals surface area contributed by atoms with Gasteiger partial charge in [0.15, 0.2) is 0 Å². The van der Waals surface area contributed by atoms with Crippen molar-refractivity contribution in [2.75, 3.05) is 0 Å². The van der Waals surface area contributed by atoms with Gasteiger partial charge >= 0.3 is 0 Å². The van der Waals surface area contributed by atoms with Gasteiger partial charge in [0.05, 0.1) is 5.69 Å². The maximum atomic E-state index is 6.06. The number of halogens is 1. The number of nitrogens with zero attached hydrogens (tertiary/aromatic N) is 2. The molecule has 0 bridgehead atoms. The van der Waals surface area contributed by atoms with E-state index in [1.165, 1.54) is 0 Å². The quantitative estimate of drug-likeness (QED) is 0.715. The molecule has 1 fully saturated rings. The Morgan fingerprint density at radius 1 is 1.67 bits per heavy atom. The van der Waals surface area contributed by atoms with Crippen LogP contribution in [0.5, 0.6) is 0 Å². The van der Waals surface area contributed by atoms with Crippen molar-refractivity contribution in [1.29, 1.82) is 0 Å². The first kappa shape index (κ1) is 8.08. The minimum absolute atomic E-state index is 0.297. The van der Waals surface area contributed by atoms with Gasteiger partial charge in [-0.3, -0.25) is 4.68 Å². The van der Waals surface area contributed by atoms with Crippen LogP contribution >= 0.6 is 11.6 Å². The van der Waals surface area contributed by atoms with Crippen LogP contribution in [0.4, 0.5) is 0 Å². The van der Waals surface area contributed by atoms with E-state index in [2.05, 4.69) is 5.10 Å². The molecule has 66 valence electrons. The van der Waals surface area contributed by atoms with Crippen molar-refractivity contribution in [3.05, 3.63) is 16.4 Å². The Morgan fingerprint density at radius 3 is 2.58 bits per heavy atom. The lowest BCUT2D eigenvalue weighted by Gasteiger charge is -1.95. The topological polar surface area (TPSA) is 43.8 Å². The van der Waals surface area contributed by atoms with Gasteiger partial charge in [-0.1, -0.05) is 11.6 Å². The molecule has 2 rings (SSSR count). The molecule has 1 heterocycles. The predicted octanol–water partition coefficient (Wildman–Crippen LogP) is 1.20. The summed E-state index contributed by atoms with van der Waals surface area (Å²) in [7, 11) is 1.85. The molecule has 0 radical (unpaired) electrons. The van der Waals surface area contributed by atoms with Crippen molar-refractivity contribution in [2.45, 2.75) is 25.3 Å². The molecule has 1 saturated carbocycles. The fourth-order valence-corrected chi connectivity index (χ4v) is 1.93. The third kappa shape index (κ3) is 1.04. The Kier molecular flexibility index (Phi) is 1.66. The maximum absolute atomic E-state index is 6.06. The average molecular weight is 186 g/mol. The number of hydrogen-bond acceptors (Lipinski definition) is 2. The first-order valence-corrected chi connectivity index (χ1v) is 4.43. The highest BCUT2D eigenvalue weighted by Crippen LogP contribution is 2.43. The SMILES string of the molecule is Cc1nn(C)c(Cl)c1C1CC1N. The predicted molar refractivity (Wildman–Crippen MR) is 48.3 cm³/mol. The number of aromatic nitrogens is 2. The third-order valence-electron chi connectivity index (χ3n) is 2.41. The van der Waals surface area contributed by atoms with E-state index in [1.807, 2.05) is 14.0 Å². The van der Waals surface area contributed by atoms with Gasteiger partial charge in [-0.2, -0.15) is 5.10 Å². The molecule has 0 spiro atoms. The van der Waals surface area contributed by atoms with E-state index in [9.17, 15) is 0 Å². The summed E-state index contributed by atoms with van der Waals surface area (Å²) >= 11 is 6.06. The van der Waals surface area contributed by atoms with Crippen LogP contribution < -0.4 is 5.73 Å². The molecule has 0 saturated heterocycles. The molecule has 2 unspecified atom stereocenters. The van der Waals surface area contributed by atoms with Crippen LogP contribution in [-0.4, -0.2) is 15.8 Å². The second-order valence-corrected chi connectivity index (χ2v) is 3.78. The molecule has 0 amide bonds. The zero-order valence-electron chi connectivity index (χ0n) is 7.21. The maximum Gasteiger partial charge on any atom is 0.130 e. The number of hydrogen-bond donors (Lipinski definition) is 1.